The highest BCUT2D eigenvalue weighted by atomic mass is 16.2. The van der Waals surface area contributed by atoms with Crippen molar-refractivity contribution in [1.29, 1.82) is 0 Å². The number of piperidine rings is 2. The van der Waals surface area contributed by atoms with Gasteiger partial charge in [-0.3, -0.25) is 4.79 Å². The van der Waals surface area contributed by atoms with Crippen molar-refractivity contribution in [2.75, 3.05) is 0 Å². The number of carbonyl (C=O) groups is 1. The Bertz CT molecular complexity index is 2180. The van der Waals surface area contributed by atoms with Crippen LogP contribution in [0.5, 0.6) is 0 Å². The highest BCUT2D eigenvalue weighted by molar-refractivity contribution is 5.86. The summed E-state index contributed by atoms with van der Waals surface area (Å²) in [5.41, 5.74) is 13.3. The Morgan fingerprint density at radius 1 is 0.843 bits per heavy atom. The monoisotopic (exact) mass is 676 g/mol. The second-order valence-corrected chi connectivity index (χ2v) is 17.6. The van der Waals surface area contributed by atoms with Gasteiger partial charge in [-0.1, -0.05) is 69.2 Å². The van der Waals surface area contributed by atoms with E-state index in [-0.39, 0.29) is 11.9 Å². The molecule has 3 saturated carbocycles. The predicted molar refractivity (Wildman–Crippen MR) is 201 cm³/mol. The van der Waals surface area contributed by atoms with E-state index < -0.39 is 0 Å². The molecule has 3 aromatic carbocycles. The van der Waals surface area contributed by atoms with Gasteiger partial charge in [0.05, 0.1) is 35.0 Å². The van der Waals surface area contributed by atoms with E-state index in [1.165, 1.54) is 73.6 Å². The maximum atomic E-state index is 13.2. The van der Waals surface area contributed by atoms with Crippen molar-refractivity contribution in [3.63, 3.8) is 0 Å². The molecule has 11 rings (SSSR count). The number of aromatic amines is 2. The molecule has 4 heterocycles. The van der Waals surface area contributed by atoms with Crippen LogP contribution in [0.1, 0.15) is 106 Å². The van der Waals surface area contributed by atoms with E-state index in [1.807, 2.05) is 6.20 Å². The summed E-state index contributed by atoms with van der Waals surface area (Å²) in [5.74, 6) is 4.17. The van der Waals surface area contributed by atoms with Gasteiger partial charge in [0.1, 0.15) is 11.6 Å². The molecule has 6 unspecified atom stereocenters. The van der Waals surface area contributed by atoms with Crippen LogP contribution in [0.25, 0.3) is 44.5 Å². The molecule has 2 saturated heterocycles. The van der Waals surface area contributed by atoms with Crippen molar-refractivity contribution in [3.05, 3.63) is 83.6 Å². The number of benzene rings is 3. The Morgan fingerprint density at radius 3 is 2.33 bits per heavy atom. The number of hydrogen-bond donors (Lipinski definition) is 3. The zero-order valence-corrected chi connectivity index (χ0v) is 29.8. The van der Waals surface area contributed by atoms with Crippen molar-refractivity contribution in [3.8, 4) is 33.5 Å². The number of nitrogens with one attached hydrogen (secondary N) is 3. The smallest absolute Gasteiger partial charge is 0.223 e. The SMILES string of the molecule is CC(C)CC(=O)N1C(c2ncc(-c3ccc(-c4ccc(-c5ccc6nc(C7CC8CC8N7)[nH]c6c5)c5c4CC4(CCCC4)C5)cc3)[nH]2)CC2CC21. The van der Waals surface area contributed by atoms with E-state index in [9.17, 15) is 4.79 Å². The maximum Gasteiger partial charge on any atom is 0.223 e. The average molecular weight is 677 g/mol. The van der Waals surface area contributed by atoms with Crippen LogP contribution in [0.2, 0.25) is 0 Å². The number of fused-ring (bicyclic) bond motifs is 4. The summed E-state index contributed by atoms with van der Waals surface area (Å²) in [4.78, 5) is 32.5. The second-order valence-electron chi connectivity index (χ2n) is 17.6. The largest absolute Gasteiger partial charge is 0.341 e. The number of hydrogen-bond acceptors (Lipinski definition) is 4. The molecule has 1 amide bonds. The van der Waals surface area contributed by atoms with Gasteiger partial charge in [-0.2, -0.15) is 0 Å². The lowest BCUT2D eigenvalue weighted by Gasteiger charge is -2.27. The summed E-state index contributed by atoms with van der Waals surface area (Å²) in [6, 6.07) is 22.3. The summed E-state index contributed by atoms with van der Waals surface area (Å²) in [6.07, 6.45) is 15.0. The Morgan fingerprint density at radius 2 is 1.59 bits per heavy atom. The fourth-order valence-corrected chi connectivity index (χ4v) is 10.8. The molecule has 7 heteroatoms. The molecular weight excluding hydrogens is 629 g/mol. The lowest BCUT2D eigenvalue weighted by Crippen LogP contribution is -2.34. The van der Waals surface area contributed by atoms with Gasteiger partial charge in [-0.25, -0.2) is 9.97 Å². The lowest BCUT2D eigenvalue weighted by atomic mass is 9.82. The quantitative estimate of drug-likeness (QED) is 0.161. The molecule has 1 spiro atoms. The standard InChI is InChI=1S/C44H48N6O/c1-24(2)15-41(51)50-39-19-29(39)20-40(50)43-45-23-38(49-43)26-7-5-25(6-8-26)30-10-11-31(33-22-44(21-32(30)33)13-3-4-14-44)27-9-12-34-36(16-27)48-42(47-34)37-18-28-17-35(28)46-37/h5-12,16,23-24,28-29,35,37,39-40,46H,3-4,13-15,17-22H2,1-2H3,(H,45,49)(H,47,48). The minimum atomic E-state index is 0.0721. The van der Waals surface area contributed by atoms with E-state index in [2.05, 4.69) is 88.6 Å². The Balaban J connectivity index is 0.889. The van der Waals surface area contributed by atoms with Gasteiger partial charge in [0.15, 0.2) is 0 Å². The molecule has 6 atom stereocenters. The van der Waals surface area contributed by atoms with Gasteiger partial charge >= 0.3 is 0 Å². The number of imidazole rings is 2. The lowest BCUT2D eigenvalue weighted by molar-refractivity contribution is -0.134. The number of amides is 1. The van der Waals surface area contributed by atoms with E-state index in [0.29, 0.717) is 41.8 Å². The highest BCUT2D eigenvalue weighted by Gasteiger charge is 2.55. The minimum Gasteiger partial charge on any atom is -0.341 e. The first-order valence-corrected chi connectivity index (χ1v) is 19.8. The fraction of sp³-hybridized carbons (Fsp3) is 0.477. The van der Waals surface area contributed by atoms with Gasteiger partial charge < -0.3 is 20.2 Å². The van der Waals surface area contributed by atoms with Gasteiger partial charge in [-0.05, 0) is 126 Å². The zero-order chi connectivity index (χ0) is 34.0. The molecule has 3 N–H and O–H groups in total. The topological polar surface area (TPSA) is 89.7 Å². The Hall–Kier alpha value is -4.23. The normalized spacial score (nSPS) is 28.2. The first-order chi connectivity index (χ1) is 24.9. The molecule has 260 valence electrons. The van der Waals surface area contributed by atoms with Gasteiger partial charge in [-0.15, -0.1) is 0 Å². The number of aromatic nitrogens is 4. The molecule has 6 aliphatic rings. The number of likely N-dealkylation sites (tertiary alicyclic amines) is 1. The Kier molecular flexibility index (Phi) is 6.64. The first kappa shape index (κ1) is 30.4. The molecule has 5 aromatic rings. The van der Waals surface area contributed by atoms with Gasteiger partial charge in [0.25, 0.3) is 0 Å². The summed E-state index contributed by atoms with van der Waals surface area (Å²) in [6.45, 7) is 4.26. The number of H-pyrrole nitrogens is 2. The van der Waals surface area contributed by atoms with Crippen molar-refractivity contribution in [1.82, 2.24) is 30.2 Å². The second kappa shape index (κ2) is 11.1. The molecule has 2 aromatic heterocycles. The van der Waals surface area contributed by atoms with Crippen LogP contribution < -0.4 is 5.32 Å². The van der Waals surface area contributed by atoms with Crippen molar-refractivity contribution in [2.45, 2.75) is 109 Å². The third-order valence-corrected chi connectivity index (χ3v) is 13.6. The predicted octanol–water partition coefficient (Wildman–Crippen LogP) is 9.08. The highest BCUT2D eigenvalue weighted by Crippen LogP contribution is 2.55. The van der Waals surface area contributed by atoms with Crippen LogP contribution >= 0.6 is 0 Å². The van der Waals surface area contributed by atoms with Crippen LogP contribution in [0, 0.1) is 23.2 Å². The molecule has 7 nitrogen and oxygen atoms in total. The molecule has 4 aliphatic carbocycles. The third kappa shape index (κ3) is 5.05. The minimum absolute atomic E-state index is 0.0721. The molecular formula is C44H48N6O. The summed E-state index contributed by atoms with van der Waals surface area (Å²) in [5, 5.41) is 3.76. The van der Waals surface area contributed by atoms with Crippen LogP contribution in [-0.2, 0) is 17.6 Å². The molecule has 51 heavy (non-hydrogen) atoms. The van der Waals surface area contributed by atoms with Crippen molar-refractivity contribution < 1.29 is 4.79 Å². The van der Waals surface area contributed by atoms with Crippen molar-refractivity contribution in [2.24, 2.45) is 23.2 Å². The van der Waals surface area contributed by atoms with E-state index in [0.717, 1.165) is 52.7 Å². The first-order valence-electron chi connectivity index (χ1n) is 19.8. The number of carbonyl (C=O) groups excluding carboxylic acids is 1. The molecule has 0 bridgehead atoms. The molecule has 2 aliphatic heterocycles. The molecule has 0 radical (unpaired) electrons. The third-order valence-electron chi connectivity index (χ3n) is 13.6. The van der Waals surface area contributed by atoms with Crippen LogP contribution in [0.4, 0.5) is 0 Å². The zero-order valence-electron chi connectivity index (χ0n) is 29.8. The van der Waals surface area contributed by atoms with E-state index >= 15 is 0 Å². The van der Waals surface area contributed by atoms with Crippen LogP contribution in [-0.4, -0.2) is 42.8 Å². The molecule has 5 fully saturated rings. The van der Waals surface area contributed by atoms with Crippen molar-refractivity contribution >= 4 is 16.9 Å². The van der Waals surface area contributed by atoms with Crippen LogP contribution in [0.15, 0.2) is 60.8 Å². The van der Waals surface area contributed by atoms with Crippen LogP contribution in [0.3, 0.4) is 0 Å². The summed E-state index contributed by atoms with van der Waals surface area (Å²) in [7, 11) is 0. The average Bonchev–Trinajstić information content (AvgIpc) is 3.62. The maximum absolute atomic E-state index is 13.2. The Labute approximate surface area is 300 Å². The number of nitrogens with zero attached hydrogens (tertiary/aromatic N) is 3. The fourth-order valence-electron chi connectivity index (χ4n) is 10.8. The van der Waals surface area contributed by atoms with E-state index in [4.69, 9.17) is 9.97 Å². The van der Waals surface area contributed by atoms with Gasteiger partial charge in [0, 0.05) is 18.5 Å². The van der Waals surface area contributed by atoms with Gasteiger partial charge in [0.2, 0.25) is 5.91 Å². The summed E-state index contributed by atoms with van der Waals surface area (Å²) >= 11 is 0. The summed E-state index contributed by atoms with van der Waals surface area (Å²) < 4.78 is 0. The number of rotatable bonds is 7. The van der Waals surface area contributed by atoms with E-state index in [1.54, 1.807) is 11.1 Å².